The Kier molecular flexibility index (Phi) is 2.81. The summed E-state index contributed by atoms with van der Waals surface area (Å²) >= 11 is 0. The summed E-state index contributed by atoms with van der Waals surface area (Å²) in [5.74, 6) is 1.55. The fraction of sp³-hybridized carbons (Fsp3) is 0.250. The van der Waals surface area contributed by atoms with E-state index in [1.807, 2.05) is 13.1 Å². The summed E-state index contributed by atoms with van der Waals surface area (Å²) in [6.07, 6.45) is 2.70. The number of aromatic amines is 1. The van der Waals surface area contributed by atoms with Crippen molar-refractivity contribution in [1.82, 2.24) is 9.97 Å². The molecule has 4 heteroatoms. The van der Waals surface area contributed by atoms with Crippen LogP contribution in [0.4, 0.5) is 0 Å². The van der Waals surface area contributed by atoms with Gasteiger partial charge < -0.3 is 14.8 Å². The molecule has 2 rings (SSSR count). The largest absolute Gasteiger partial charge is 0.507 e. The molecule has 0 aliphatic rings. The number of nitrogens with zero attached hydrogens (tertiary/aromatic N) is 1. The summed E-state index contributed by atoms with van der Waals surface area (Å²) in [6.45, 7) is 2.03. The van der Waals surface area contributed by atoms with Crippen LogP contribution in [-0.2, 0) is 6.42 Å². The second kappa shape index (κ2) is 4.26. The number of benzene rings is 1. The Labute approximate surface area is 93.9 Å². The van der Waals surface area contributed by atoms with E-state index in [-0.39, 0.29) is 5.75 Å². The maximum atomic E-state index is 9.75. The predicted octanol–water partition coefficient (Wildman–Crippen LogP) is 2.35. The van der Waals surface area contributed by atoms with Crippen molar-refractivity contribution in [1.29, 1.82) is 0 Å². The summed E-state index contributed by atoms with van der Waals surface area (Å²) in [5, 5.41) is 9.75. The van der Waals surface area contributed by atoms with Crippen molar-refractivity contribution in [2.24, 2.45) is 0 Å². The molecule has 1 aromatic carbocycles. The first-order chi connectivity index (χ1) is 7.74. The van der Waals surface area contributed by atoms with Crippen LogP contribution in [0.25, 0.3) is 11.4 Å². The topological polar surface area (TPSA) is 58.1 Å². The molecule has 1 aromatic heterocycles. The number of aryl methyl sites for hydroxylation is 1. The number of aromatic nitrogens is 2. The molecular weight excluding hydrogens is 204 g/mol. The number of rotatable bonds is 3. The van der Waals surface area contributed by atoms with Gasteiger partial charge in [-0.15, -0.1) is 0 Å². The maximum absolute atomic E-state index is 9.75. The van der Waals surface area contributed by atoms with Gasteiger partial charge in [-0.3, -0.25) is 0 Å². The first-order valence-corrected chi connectivity index (χ1v) is 5.16. The van der Waals surface area contributed by atoms with E-state index in [0.29, 0.717) is 17.1 Å². The Balaban J connectivity index is 2.45. The van der Waals surface area contributed by atoms with Crippen LogP contribution in [0.15, 0.2) is 24.4 Å². The normalized spacial score (nSPS) is 10.4. The molecule has 0 aliphatic heterocycles. The van der Waals surface area contributed by atoms with Crippen LogP contribution in [0, 0.1) is 0 Å². The zero-order chi connectivity index (χ0) is 11.5. The molecule has 0 aliphatic carbocycles. The zero-order valence-electron chi connectivity index (χ0n) is 9.32. The summed E-state index contributed by atoms with van der Waals surface area (Å²) in [5.41, 5.74) is 1.62. The van der Waals surface area contributed by atoms with E-state index in [4.69, 9.17) is 4.74 Å². The van der Waals surface area contributed by atoms with Gasteiger partial charge in [0, 0.05) is 6.20 Å². The van der Waals surface area contributed by atoms with Crippen LogP contribution in [0.5, 0.6) is 11.5 Å². The van der Waals surface area contributed by atoms with Gasteiger partial charge in [-0.1, -0.05) is 6.92 Å². The minimum Gasteiger partial charge on any atom is -0.507 e. The molecule has 0 saturated heterocycles. The van der Waals surface area contributed by atoms with Gasteiger partial charge in [0.1, 0.15) is 17.3 Å². The molecule has 0 spiro atoms. The second-order valence-electron chi connectivity index (χ2n) is 3.48. The van der Waals surface area contributed by atoms with E-state index in [2.05, 4.69) is 9.97 Å². The van der Waals surface area contributed by atoms with Crippen LogP contribution >= 0.6 is 0 Å². The molecule has 1 heterocycles. The smallest absolute Gasteiger partial charge is 0.141 e. The van der Waals surface area contributed by atoms with Gasteiger partial charge >= 0.3 is 0 Å². The van der Waals surface area contributed by atoms with Crippen molar-refractivity contribution in [2.75, 3.05) is 7.11 Å². The highest BCUT2D eigenvalue weighted by atomic mass is 16.5. The molecule has 0 amide bonds. The van der Waals surface area contributed by atoms with Crippen molar-refractivity contribution in [3.8, 4) is 22.9 Å². The summed E-state index contributed by atoms with van der Waals surface area (Å²) in [7, 11) is 1.59. The predicted molar refractivity (Wildman–Crippen MR) is 61.6 cm³/mol. The average Bonchev–Trinajstić information content (AvgIpc) is 2.78. The molecule has 84 valence electrons. The number of imidazole rings is 1. The monoisotopic (exact) mass is 218 g/mol. The van der Waals surface area contributed by atoms with Crippen LogP contribution in [0.3, 0.4) is 0 Å². The number of nitrogens with one attached hydrogen (secondary N) is 1. The molecule has 0 bridgehead atoms. The molecule has 2 N–H and O–H groups in total. The van der Waals surface area contributed by atoms with Gasteiger partial charge in [0.05, 0.1) is 18.4 Å². The number of aromatic hydroxyl groups is 1. The van der Waals surface area contributed by atoms with Crippen LogP contribution in [0.2, 0.25) is 0 Å². The number of methoxy groups -OCH3 is 1. The second-order valence-corrected chi connectivity index (χ2v) is 3.48. The number of H-pyrrole nitrogens is 1. The Morgan fingerprint density at radius 2 is 2.25 bits per heavy atom. The van der Waals surface area contributed by atoms with Gasteiger partial charge in [-0.2, -0.15) is 0 Å². The van der Waals surface area contributed by atoms with Crippen molar-refractivity contribution in [2.45, 2.75) is 13.3 Å². The molecule has 16 heavy (non-hydrogen) atoms. The van der Waals surface area contributed by atoms with E-state index in [1.54, 1.807) is 25.3 Å². The lowest BCUT2D eigenvalue weighted by Gasteiger charge is -2.04. The summed E-state index contributed by atoms with van der Waals surface area (Å²) in [6, 6.07) is 5.07. The van der Waals surface area contributed by atoms with E-state index >= 15 is 0 Å². The fourth-order valence-electron chi connectivity index (χ4n) is 1.51. The highest BCUT2D eigenvalue weighted by molar-refractivity contribution is 5.65. The first kappa shape index (κ1) is 10.5. The fourth-order valence-corrected chi connectivity index (χ4v) is 1.51. The number of phenolic OH excluding ortho intramolecular Hbond substituents is 1. The lowest BCUT2D eigenvalue weighted by molar-refractivity contribution is 0.412. The van der Waals surface area contributed by atoms with Gasteiger partial charge in [0.25, 0.3) is 0 Å². The average molecular weight is 218 g/mol. The quantitative estimate of drug-likeness (QED) is 0.831. The highest BCUT2D eigenvalue weighted by Gasteiger charge is 2.09. The van der Waals surface area contributed by atoms with Crippen molar-refractivity contribution >= 4 is 0 Å². The molecule has 0 fully saturated rings. The zero-order valence-corrected chi connectivity index (χ0v) is 9.32. The Hall–Kier alpha value is -1.97. The third kappa shape index (κ3) is 1.86. The lowest BCUT2D eigenvalue weighted by atomic mass is 10.2. The third-order valence-electron chi connectivity index (χ3n) is 2.45. The number of phenols is 1. The first-order valence-electron chi connectivity index (χ1n) is 5.16. The van der Waals surface area contributed by atoms with Crippen LogP contribution < -0.4 is 4.74 Å². The van der Waals surface area contributed by atoms with E-state index < -0.39 is 0 Å². The molecule has 0 saturated carbocycles. The van der Waals surface area contributed by atoms with Crippen molar-refractivity contribution in [3.05, 3.63) is 30.1 Å². The van der Waals surface area contributed by atoms with Gasteiger partial charge in [0.15, 0.2) is 0 Å². The number of hydrogen-bond acceptors (Lipinski definition) is 3. The van der Waals surface area contributed by atoms with Gasteiger partial charge in [-0.25, -0.2) is 4.98 Å². The van der Waals surface area contributed by atoms with Crippen LogP contribution in [-0.4, -0.2) is 22.2 Å². The van der Waals surface area contributed by atoms with Crippen LogP contribution in [0.1, 0.15) is 12.6 Å². The Morgan fingerprint density at radius 1 is 1.44 bits per heavy atom. The molecule has 0 radical (unpaired) electrons. The molecular formula is C12H14N2O2. The SMILES string of the molecule is CCc1c[nH]c(-c2cc(OC)ccc2O)n1. The Morgan fingerprint density at radius 3 is 2.88 bits per heavy atom. The number of ether oxygens (including phenoxy) is 1. The van der Waals surface area contributed by atoms with E-state index in [1.165, 1.54) is 0 Å². The Bertz CT molecular complexity index is 492. The van der Waals surface area contributed by atoms with Gasteiger partial charge in [0.2, 0.25) is 0 Å². The van der Waals surface area contributed by atoms with E-state index in [0.717, 1.165) is 12.1 Å². The number of hydrogen-bond donors (Lipinski definition) is 2. The van der Waals surface area contributed by atoms with E-state index in [9.17, 15) is 5.11 Å². The summed E-state index contributed by atoms with van der Waals surface area (Å²) < 4.78 is 5.11. The van der Waals surface area contributed by atoms with Crippen molar-refractivity contribution in [3.63, 3.8) is 0 Å². The molecule has 0 unspecified atom stereocenters. The maximum Gasteiger partial charge on any atom is 0.141 e. The molecule has 2 aromatic rings. The lowest BCUT2D eigenvalue weighted by Crippen LogP contribution is -1.87. The third-order valence-corrected chi connectivity index (χ3v) is 2.45. The minimum atomic E-state index is 0.192. The van der Waals surface area contributed by atoms with Gasteiger partial charge in [-0.05, 0) is 24.6 Å². The van der Waals surface area contributed by atoms with Crippen molar-refractivity contribution < 1.29 is 9.84 Å². The highest BCUT2D eigenvalue weighted by Crippen LogP contribution is 2.30. The summed E-state index contributed by atoms with van der Waals surface area (Å²) in [4.78, 5) is 7.40. The molecule has 0 atom stereocenters. The minimum absolute atomic E-state index is 0.192. The standard InChI is InChI=1S/C12H14N2O2/c1-3-8-7-13-12(14-8)10-6-9(16-2)4-5-11(10)15/h4-7,15H,3H2,1-2H3,(H,13,14). The molecule has 4 nitrogen and oxygen atoms in total.